The van der Waals surface area contributed by atoms with Gasteiger partial charge in [0.1, 0.15) is 23.0 Å². The van der Waals surface area contributed by atoms with Crippen molar-refractivity contribution in [1.82, 2.24) is 0 Å². The first-order chi connectivity index (χ1) is 28.2. The van der Waals surface area contributed by atoms with Crippen molar-refractivity contribution in [3.05, 3.63) is 153 Å². The highest BCUT2D eigenvalue weighted by molar-refractivity contribution is 5.50. The zero-order valence-corrected chi connectivity index (χ0v) is 36.5. The molecule has 4 heteroatoms. The Hall–Kier alpha value is -4.70. The molecule has 0 radical (unpaired) electrons. The summed E-state index contributed by atoms with van der Waals surface area (Å²) in [7, 11) is 0. The molecular formula is C55H68O4. The minimum absolute atomic E-state index is 0.0118. The molecule has 3 fully saturated rings. The van der Waals surface area contributed by atoms with Gasteiger partial charge in [-0.25, -0.2) is 0 Å². The van der Waals surface area contributed by atoms with Gasteiger partial charge in [-0.3, -0.25) is 0 Å². The lowest BCUT2D eigenvalue weighted by Crippen LogP contribution is -2.39. The molecule has 8 rings (SSSR count). The van der Waals surface area contributed by atoms with Crippen LogP contribution in [0.1, 0.15) is 147 Å². The molecule has 3 saturated carbocycles. The third-order valence-corrected chi connectivity index (χ3v) is 15.6. The Morgan fingerprint density at radius 2 is 0.763 bits per heavy atom. The molecule has 0 aliphatic heterocycles. The highest BCUT2D eigenvalue weighted by Gasteiger charge is 2.44. The van der Waals surface area contributed by atoms with Crippen LogP contribution in [0, 0.1) is 45.4 Å². The predicted molar refractivity (Wildman–Crippen MR) is 243 cm³/mol. The van der Waals surface area contributed by atoms with Crippen LogP contribution in [0.3, 0.4) is 0 Å². The summed E-state index contributed by atoms with van der Waals surface area (Å²) >= 11 is 0. The minimum Gasteiger partial charge on any atom is -0.508 e. The smallest absolute Gasteiger partial charge is 0.118 e. The second kappa shape index (κ2) is 17.5. The Labute approximate surface area is 354 Å². The molecule has 0 amide bonds. The molecular weight excluding hydrogens is 725 g/mol. The summed E-state index contributed by atoms with van der Waals surface area (Å²) in [5.41, 5.74) is 10.3. The van der Waals surface area contributed by atoms with Crippen LogP contribution in [-0.4, -0.2) is 20.4 Å². The summed E-state index contributed by atoms with van der Waals surface area (Å²) in [6, 6.07) is 35.3. The maximum absolute atomic E-state index is 10.1. The first-order valence-corrected chi connectivity index (χ1v) is 22.5. The Bertz CT molecular complexity index is 2090. The predicted octanol–water partition coefficient (Wildman–Crippen LogP) is 13.9. The lowest BCUT2D eigenvalue weighted by atomic mass is 9.58. The van der Waals surface area contributed by atoms with Gasteiger partial charge in [-0.2, -0.15) is 0 Å². The van der Waals surface area contributed by atoms with Gasteiger partial charge in [0, 0.05) is 10.8 Å². The molecule has 0 heterocycles. The summed E-state index contributed by atoms with van der Waals surface area (Å²) in [6.45, 7) is 12.7. The zero-order valence-electron chi connectivity index (χ0n) is 36.5. The quantitative estimate of drug-likeness (QED) is 0.132. The lowest BCUT2D eigenvalue weighted by molar-refractivity contribution is 0.163. The number of hydrogen-bond acceptors (Lipinski definition) is 4. The molecule has 0 aromatic heterocycles. The third kappa shape index (κ3) is 8.66. The highest BCUT2D eigenvalue weighted by atomic mass is 16.3. The summed E-state index contributed by atoms with van der Waals surface area (Å²) in [4.78, 5) is 0. The van der Waals surface area contributed by atoms with E-state index in [1.807, 2.05) is 52.0 Å². The van der Waals surface area contributed by atoms with Crippen LogP contribution in [0.15, 0.2) is 103 Å². The van der Waals surface area contributed by atoms with E-state index in [1.54, 1.807) is 0 Å². The maximum atomic E-state index is 10.1. The first kappa shape index (κ1) is 42.4. The van der Waals surface area contributed by atoms with Crippen LogP contribution in [0.4, 0.5) is 0 Å². The van der Waals surface area contributed by atoms with Crippen LogP contribution in [0.2, 0.25) is 0 Å². The molecule has 5 aromatic rings. The van der Waals surface area contributed by atoms with Crippen molar-refractivity contribution in [3.8, 4) is 23.0 Å². The molecule has 4 N–H and O–H groups in total. The molecule has 4 nitrogen and oxygen atoms in total. The third-order valence-electron chi connectivity index (χ3n) is 15.6. The van der Waals surface area contributed by atoms with Gasteiger partial charge in [-0.15, -0.1) is 0 Å². The van der Waals surface area contributed by atoms with Gasteiger partial charge in [-0.05, 0) is 177 Å². The zero-order chi connectivity index (χ0) is 42.0. The molecule has 5 aromatic carbocycles. The number of hydrogen-bond donors (Lipinski definition) is 4. The van der Waals surface area contributed by atoms with Gasteiger partial charge < -0.3 is 20.4 Å². The standard InChI is InChI=1S/C29H34O2.C26H34O2/c1-20-18-24(10-12-26(20)30)29(25-11-13-27(31)21(2)19-25)16-14-23(15-17-29)28(3,4)22-8-6-5-7-9-22;1-18-16-22(8-10-24(18)27)26(23-9-11-25(28)19(2)17-23)14-12-21(13-15-26)20-6-4-3-5-7-20/h5-13,18-19,23,30-31H,14-17H2,1-4H3;8-11,16-17,20-21,27-28H,3-7,12-15H2,1-2H3. The van der Waals surface area contributed by atoms with Crippen molar-refractivity contribution in [3.63, 3.8) is 0 Å². The van der Waals surface area contributed by atoms with Crippen molar-refractivity contribution in [2.24, 2.45) is 17.8 Å². The Morgan fingerprint density at radius 1 is 0.424 bits per heavy atom. The topological polar surface area (TPSA) is 80.9 Å². The summed E-state index contributed by atoms with van der Waals surface area (Å²) in [5, 5.41) is 40.4. The molecule has 59 heavy (non-hydrogen) atoms. The van der Waals surface area contributed by atoms with E-state index in [1.165, 1.54) is 72.8 Å². The SMILES string of the molecule is Cc1cc(C2(c3ccc(O)c(C)c3)CCC(C(C)(C)c3ccccc3)CC2)ccc1O.Cc1cc(C2(c3ccc(O)c(C)c3)CCC(C3CCCCC3)CC2)ccc1O. The van der Waals surface area contributed by atoms with Crippen LogP contribution >= 0.6 is 0 Å². The van der Waals surface area contributed by atoms with E-state index in [0.29, 0.717) is 28.9 Å². The second-order valence-corrected chi connectivity index (χ2v) is 19.3. The van der Waals surface area contributed by atoms with Gasteiger partial charge in [0.15, 0.2) is 0 Å². The van der Waals surface area contributed by atoms with E-state index in [0.717, 1.165) is 72.6 Å². The minimum atomic E-state index is -0.0970. The number of phenols is 4. The average molecular weight is 793 g/mol. The Kier molecular flexibility index (Phi) is 12.6. The van der Waals surface area contributed by atoms with Gasteiger partial charge in [0.2, 0.25) is 0 Å². The van der Waals surface area contributed by atoms with Crippen molar-refractivity contribution >= 4 is 0 Å². The van der Waals surface area contributed by atoms with Crippen LogP contribution in [0.5, 0.6) is 23.0 Å². The summed E-state index contributed by atoms with van der Waals surface area (Å²) in [6.07, 6.45) is 16.4. The van der Waals surface area contributed by atoms with Crippen molar-refractivity contribution in [2.75, 3.05) is 0 Å². The molecule has 0 spiro atoms. The molecule has 0 saturated heterocycles. The molecule has 0 unspecified atom stereocenters. The van der Waals surface area contributed by atoms with Crippen LogP contribution < -0.4 is 0 Å². The number of aromatic hydroxyl groups is 4. The van der Waals surface area contributed by atoms with Crippen molar-refractivity contribution < 1.29 is 20.4 Å². The van der Waals surface area contributed by atoms with E-state index in [2.05, 4.69) is 92.7 Å². The average Bonchev–Trinajstić information content (AvgIpc) is 3.25. The normalized spacial score (nSPS) is 18.8. The van der Waals surface area contributed by atoms with E-state index >= 15 is 0 Å². The second-order valence-electron chi connectivity index (χ2n) is 19.3. The number of aryl methyl sites for hydroxylation is 4. The first-order valence-electron chi connectivity index (χ1n) is 22.5. The van der Waals surface area contributed by atoms with Crippen molar-refractivity contribution in [2.45, 2.75) is 141 Å². The van der Waals surface area contributed by atoms with Gasteiger partial charge in [0.05, 0.1) is 0 Å². The van der Waals surface area contributed by atoms with Gasteiger partial charge in [0.25, 0.3) is 0 Å². The highest BCUT2D eigenvalue weighted by Crippen LogP contribution is 2.53. The van der Waals surface area contributed by atoms with Crippen molar-refractivity contribution in [1.29, 1.82) is 0 Å². The fraction of sp³-hybridized carbons (Fsp3) is 0.455. The molecule has 3 aliphatic rings. The Balaban J connectivity index is 0.000000180. The van der Waals surface area contributed by atoms with Gasteiger partial charge >= 0.3 is 0 Å². The molecule has 312 valence electrons. The molecule has 3 aliphatic carbocycles. The molecule has 0 atom stereocenters. The van der Waals surface area contributed by atoms with E-state index in [4.69, 9.17) is 0 Å². The van der Waals surface area contributed by atoms with Gasteiger partial charge in [-0.1, -0.05) is 125 Å². The van der Waals surface area contributed by atoms with E-state index < -0.39 is 0 Å². The summed E-state index contributed by atoms with van der Waals surface area (Å²) < 4.78 is 0. The van der Waals surface area contributed by atoms with E-state index in [9.17, 15) is 20.4 Å². The summed E-state index contributed by atoms with van der Waals surface area (Å²) in [5.74, 6) is 3.84. The molecule has 0 bridgehead atoms. The Morgan fingerprint density at radius 3 is 1.12 bits per heavy atom. The van der Waals surface area contributed by atoms with Crippen LogP contribution in [0.25, 0.3) is 0 Å². The number of rotatable bonds is 7. The van der Waals surface area contributed by atoms with Crippen LogP contribution in [-0.2, 0) is 16.2 Å². The largest absolute Gasteiger partial charge is 0.508 e. The fourth-order valence-corrected chi connectivity index (χ4v) is 11.4. The van der Waals surface area contributed by atoms with E-state index in [-0.39, 0.29) is 16.2 Å². The maximum Gasteiger partial charge on any atom is 0.118 e. The number of benzene rings is 5. The number of phenolic OH excluding ortho intramolecular Hbond substituents is 4. The fourth-order valence-electron chi connectivity index (χ4n) is 11.4. The monoisotopic (exact) mass is 793 g/mol. The lowest BCUT2D eigenvalue weighted by Gasteiger charge is -2.46.